The Labute approximate surface area is 164 Å². The molecule has 0 spiro atoms. The SMILES string of the molecule is Cc1ccc(S(=O)(=O)N2CCCCC2)cc1NC(=O)CNc1cccc(F)c1. The molecule has 1 aliphatic rings. The van der Waals surface area contributed by atoms with E-state index in [1.54, 1.807) is 31.2 Å². The van der Waals surface area contributed by atoms with Gasteiger partial charge in [0.1, 0.15) is 5.82 Å². The summed E-state index contributed by atoms with van der Waals surface area (Å²) in [7, 11) is -3.57. The Hall–Kier alpha value is -2.45. The second-order valence-electron chi connectivity index (χ2n) is 6.85. The Morgan fingerprint density at radius 1 is 1.11 bits per heavy atom. The predicted octanol–water partition coefficient (Wildman–Crippen LogP) is 3.36. The van der Waals surface area contributed by atoms with E-state index in [4.69, 9.17) is 0 Å². The van der Waals surface area contributed by atoms with Gasteiger partial charge in [-0.15, -0.1) is 0 Å². The number of anilines is 2. The largest absolute Gasteiger partial charge is 0.376 e. The van der Waals surface area contributed by atoms with E-state index in [0.29, 0.717) is 24.5 Å². The molecular formula is C20H24FN3O3S. The second-order valence-corrected chi connectivity index (χ2v) is 8.79. The van der Waals surface area contributed by atoms with Crippen molar-refractivity contribution in [2.75, 3.05) is 30.3 Å². The first-order valence-corrected chi connectivity index (χ1v) is 10.7. The molecule has 28 heavy (non-hydrogen) atoms. The van der Waals surface area contributed by atoms with Crippen molar-refractivity contribution >= 4 is 27.3 Å². The lowest BCUT2D eigenvalue weighted by Gasteiger charge is -2.26. The van der Waals surface area contributed by atoms with E-state index in [0.717, 1.165) is 24.8 Å². The summed E-state index contributed by atoms with van der Waals surface area (Å²) in [5.41, 5.74) is 1.70. The number of piperidine rings is 1. The maximum atomic E-state index is 13.2. The highest BCUT2D eigenvalue weighted by Crippen LogP contribution is 2.25. The number of hydrogen-bond donors (Lipinski definition) is 2. The molecule has 1 heterocycles. The van der Waals surface area contributed by atoms with Crippen LogP contribution in [0.4, 0.5) is 15.8 Å². The first kappa shape index (κ1) is 20.3. The molecule has 6 nitrogen and oxygen atoms in total. The van der Waals surface area contributed by atoms with Crippen LogP contribution in [0.25, 0.3) is 0 Å². The number of carbonyl (C=O) groups excluding carboxylic acids is 1. The molecule has 1 aliphatic heterocycles. The van der Waals surface area contributed by atoms with Crippen LogP contribution in [0.3, 0.4) is 0 Å². The van der Waals surface area contributed by atoms with Crippen molar-refractivity contribution in [1.82, 2.24) is 4.31 Å². The van der Waals surface area contributed by atoms with Crippen LogP contribution in [-0.2, 0) is 14.8 Å². The fraction of sp³-hybridized carbons (Fsp3) is 0.350. The first-order chi connectivity index (χ1) is 13.4. The number of carbonyl (C=O) groups is 1. The van der Waals surface area contributed by atoms with Gasteiger partial charge in [0.15, 0.2) is 0 Å². The Kier molecular flexibility index (Phi) is 6.31. The van der Waals surface area contributed by atoms with Crippen LogP contribution in [0, 0.1) is 12.7 Å². The minimum Gasteiger partial charge on any atom is -0.376 e. The molecule has 2 aromatic rings. The molecule has 0 radical (unpaired) electrons. The van der Waals surface area contributed by atoms with E-state index in [1.807, 2.05) is 0 Å². The minimum atomic E-state index is -3.57. The van der Waals surface area contributed by atoms with Gasteiger partial charge in [0.05, 0.1) is 11.4 Å². The van der Waals surface area contributed by atoms with E-state index in [9.17, 15) is 17.6 Å². The van der Waals surface area contributed by atoms with Gasteiger partial charge in [0, 0.05) is 24.5 Å². The number of nitrogens with zero attached hydrogens (tertiary/aromatic N) is 1. The molecule has 0 bridgehead atoms. The van der Waals surface area contributed by atoms with Crippen LogP contribution < -0.4 is 10.6 Å². The van der Waals surface area contributed by atoms with E-state index >= 15 is 0 Å². The second kappa shape index (κ2) is 8.70. The minimum absolute atomic E-state index is 0.0635. The molecule has 3 rings (SSSR count). The molecule has 0 atom stereocenters. The van der Waals surface area contributed by atoms with Gasteiger partial charge in [-0.05, 0) is 55.7 Å². The monoisotopic (exact) mass is 405 g/mol. The van der Waals surface area contributed by atoms with Crippen molar-refractivity contribution in [2.45, 2.75) is 31.1 Å². The fourth-order valence-electron chi connectivity index (χ4n) is 3.13. The summed E-state index contributed by atoms with van der Waals surface area (Å²) in [6.07, 6.45) is 2.76. The van der Waals surface area contributed by atoms with Crippen LogP contribution in [0.15, 0.2) is 47.4 Å². The number of hydrogen-bond acceptors (Lipinski definition) is 4. The van der Waals surface area contributed by atoms with Crippen LogP contribution in [0.2, 0.25) is 0 Å². The highest BCUT2D eigenvalue weighted by molar-refractivity contribution is 7.89. The van der Waals surface area contributed by atoms with Gasteiger partial charge in [0.25, 0.3) is 0 Å². The zero-order valence-electron chi connectivity index (χ0n) is 15.7. The summed E-state index contributed by atoms with van der Waals surface area (Å²) >= 11 is 0. The quantitative estimate of drug-likeness (QED) is 0.773. The molecule has 2 aromatic carbocycles. The predicted molar refractivity (Wildman–Crippen MR) is 107 cm³/mol. The van der Waals surface area contributed by atoms with Crippen LogP contribution in [0.1, 0.15) is 24.8 Å². The average Bonchev–Trinajstić information content (AvgIpc) is 2.69. The molecule has 0 aromatic heterocycles. The van der Waals surface area contributed by atoms with Gasteiger partial charge in [-0.25, -0.2) is 12.8 Å². The van der Waals surface area contributed by atoms with Gasteiger partial charge in [-0.2, -0.15) is 4.31 Å². The number of halogens is 1. The molecule has 0 saturated carbocycles. The van der Waals surface area contributed by atoms with Crippen molar-refractivity contribution < 1.29 is 17.6 Å². The maximum absolute atomic E-state index is 13.2. The number of sulfonamides is 1. The van der Waals surface area contributed by atoms with E-state index in [2.05, 4.69) is 10.6 Å². The number of benzene rings is 2. The molecular weight excluding hydrogens is 381 g/mol. The van der Waals surface area contributed by atoms with Gasteiger partial charge in [-0.3, -0.25) is 4.79 Å². The number of amides is 1. The summed E-state index contributed by atoms with van der Waals surface area (Å²) in [5, 5.41) is 5.58. The summed E-state index contributed by atoms with van der Waals surface area (Å²) in [6, 6.07) is 10.6. The number of aryl methyl sites for hydroxylation is 1. The van der Waals surface area contributed by atoms with Gasteiger partial charge >= 0.3 is 0 Å². The summed E-state index contributed by atoms with van der Waals surface area (Å²) < 4.78 is 40.4. The third kappa shape index (κ3) is 4.88. The molecule has 1 saturated heterocycles. The Morgan fingerprint density at radius 3 is 2.57 bits per heavy atom. The van der Waals surface area contributed by atoms with E-state index in [1.165, 1.54) is 22.5 Å². The Bertz CT molecular complexity index is 957. The fourth-order valence-corrected chi connectivity index (χ4v) is 4.67. The average molecular weight is 405 g/mol. The molecule has 1 amide bonds. The summed E-state index contributed by atoms with van der Waals surface area (Å²) in [5.74, 6) is -0.739. The lowest BCUT2D eigenvalue weighted by molar-refractivity contribution is -0.114. The summed E-state index contributed by atoms with van der Waals surface area (Å²) in [6.45, 7) is 2.78. The van der Waals surface area contributed by atoms with Crippen molar-refractivity contribution in [3.63, 3.8) is 0 Å². The third-order valence-corrected chi connectivity index (χ3v) is 6.61. The maximum Gasteiger partial charge on any atom is 0.243 e. The number of nitrogens with one attached hydrogen (secondary N) is 2. The highest BCUT2D eigenvalue weighted by Gasteiger charge is 2.26. The molecule has 150 valence electrons. The van der Waals surface area contributed by atoms with Gasteiger partial charge < -0.3 is 10.6 Å². The van der Waals surface area contributed by atoms with Crippen LogP contribution in [0.5, 0.6) is 0 Å². The normalized spacial score (nSPS) is 15.2. The highest BCUT2D eigenvalue weighted by atomic mass is 32.2. The molecule has 0 unspecified atom stereocenters. The van der Waals surface area contributed by atoms with Crippen molar-refractivity contribution in [3.8, 4) is 0 Å². The topological polar surface area (TPSA) is 78.5 Å². The third-order valence-electron chi connectivity index (χ3n) is 4.71. The number of rotatable bonds is 6. The lowest BCUT2D eigenvalue weighted by Crippen LogP contribution is -2.35. The molecule has 8 heteroatoms. The van der Waals surface area contributed by atoms with Crippen LogP contribution in [-0.4, -0.2) is 38.3 Å². The summed E-state index contributed by atoms with van der Waals surface area (Å²) in [4.78, 5) is 12.4. The smallest absolute Gasteiger partial charge is 0.243 e. The van der Waals surface area contributed by atoms with E-state index < -0.39 is 15.8 Å². The van der Waals surface area contributed by atoms with Crippen molar-refractivity contribution in [2.24, 2.45) is 0 Å². The molecule has 0 aliphatic carbocycles. The molecule has 2 N–H and O–H groups in total. The van der Waals surface area contributed by atoms with Gasteiger partial charge in [-0.1, -0.05) is 18.6 Å². The molecule has 1 fully saturated rings. The standard InChI is InChI=1S/C20H24FN3O3S/c1-15-8-9-18(28(26,27)24-10-3-2-4-11-24)13-19(15)23-20(25)14-22-17-7-5-6-16(21)12-17/h5-9,12-13,22H,2-4,10-11,14H2,1H3,(H,23,25). The van der Waals surface area contributed by atoms with Crippen molar-refractivity contribution in [3.05, 3.63) is 53.8 Å². The van der Waals surface area contributed by atoms with Crippen LogP contribution >= 0.6 is 0 Å². The zero-order chi connectivity index (χ0) is 20.1. The lowest BCUT2D eigenvalue weighted by atomic mass is 10.2. The first-order valence-electron chi connectivity index (χ1n) is 9.26. The van der Waals surface area contributed by atoms with Gasteiger partial charge in [0.2, 0.25) is 15.9 Å². The Balaban J connectivity index is 1.70. The Morgan fingerprint density at radius 2 is 1.86 bits per heavy atom. The van der Waals surface area contributed by atoms with Crippen molar-refractivity contribution in [1.29, 1.82) is 0 Å². The zero-order valence-corrected chi connectivity index (χ0v) is 16.6. The van der Waals surface area contributed by atoms with E-state index in [-0.39, 0.29) is 17.3 Å².